The number of sulfonamides is 1. The standard InChI is InChI=1S/C15H23FN2O2S/c1-11(2)17-10-12-9-14(7-8-15(12)16)21(19,20)18-13-5-3-4-6-13/h7-9,11,13,17-18H,3-6,10H2,1-2H3. The lowest BCUT2D eigenvalue weighted by Gasteiger charge is -2.14. The van der Waals surface area contributed by atoms with E-state index in [0.717, 1.165) is 25.7 Å². The summed E-state index contributed by atoms with van der Waals surface area (Å²) in [6.45, 7) is 4.23. The smallest absolute Gasteiger partial charge is 0.240 e. The van der Waals surface area contributed by atoms with E-state index in [4.69, 9.17) is 0 Å². The van der Waals surface area contributed by atoms with Gasteiger partial charge < -0.3 is 5.32 Å². The quantitative estimate of drug-likeness (QED) is 0.848. The second-order valence-corrected chi connectivity index (χ2v) is 7.61. The van der Waals surface area contributed by atoms with Gasteiger partial charge in [-0.1, -0.05) is 26.7 Å². The van der Waals surface area contributed by atoms with Crippen molar-refractivity contribution in [2.75, 3.05) is 0 Å². The van der Waals surface area contributed by atoms with Crippen molar-refractivity contribution in [2.24, 2.45) is 0 Å². The fourth-order valence-electron chi connectivity index (χ4n) is 2.50. The van der Waals surface area contributed by atoms with Crippen LogP contribution in [0.3, 0.4) is 0 Å². The minimum atomic E-state index is -3.57. The summed E-state index contributed by atoms with van der Waals surface area (Å²) in [5.41, 5.74) is 0.373. The number of benzene rings is 1. The minimum absolute atomic E-state index is 0.0114. The highest BCUT2D eigenvalue weighted by Gasteiger charge is 2.23. The van der Waals surface area contributed by atoms with E-state index < -0.39 is 10.0 Å². The van der Waals surface area contributed by atoms with E-state index in [2.05, 4.69) is 10.0 Å². The summed E-state index contributed by atoms with van der Waals surface area (Å²) < 4.78 is 41.1. The number of rotatable bonds is 6. The molecule has 0 radical (unpaired) electrons. The molecule has 0 spiro atoms. The lowest BCUT2D eigenvalue weighted by Crippen LogP contribution is -2.32. The van der Waals surface area contributed by atoms with Crippen molar-refractivity contribution < 1.29 is 12.8 Å². The van der Waals surface area contributed by atoms with Gasteiger partial charge >= 0.3 is 0 Å². The van der Waals surface area contributed by atoms with Crippen LogP contribution in [0.5, 0.6) is 0 Å². The van der Waals surface area contributed by atoms with Gasteiger partial charge in [-0.3, -0.25) is 0 Å². The van der Waals surface area contributed by atoms with E-state index in [9.17, 15) is 12.8 Å². The molecule has 1 aliphatic rings. The second-order valence-electron chi connectivity index (χ2n) is 5.89. The summed E-state index contributed by atoms with van der Waals surface area (Å²) in [5, 5.41) is 3.10. The van der Waals surface area contributed by atoms with Gasteiger partial charge in [-0.2, -0.15) is 0 Å². The van der Waals surface area contributed by atoms with Gasteiger partial charge in [0.1, 0.15) is 5.82 Å². The zero-order valence-corrected chi connectivity index (χ0v) is 13.3. The van der Waals surface area contributed by atoms with Crippen molar-refractivity contribution in [3.8, 4) is 0 Å². The summed E-state index contributed by atoms with van der Waals surface area (Å²) in [4.78, 5) is 0.136. The molecule has 2 rings (SSSR count). The predicted octanol–water partition coefficient (Wildman–Crippen LogP) is 2.54. The van der Waals surface area contributed by atoms with Gasteiger partial charge in [-0.05, 0) is 31.0 Å². The summed E-state index contributed by atoms with van der Waals surface area (Å²) in [7, 11) is -3.57. The Hall–Kier alpha value is -0.980. The Kier molecular flexibility index (Phi) is 5.35. The summed E-state index contributed by atoms with van der Waals surface area (Å²) in [5.74, 6) is -0.386. The van der Waals surface area contributed by atoms with Crippen molar-refractivity contribution in [1.82, 2.24) is 10.0 Å². The van der Waals surface area contributed by atoms with E-state index in [-0.39, 0.29) is 22.8 Å². The lowest BCUT2D eigenvalue weighted by molar-refractivity contribution is 0.545. The maximum absolute atomic E-state index is 13.8. The average Bonchev–Trinajstić information content (AvgIpc) is 2.89. The van der Waals surface area contributed by atoms with Crippen LogP contribution in [0.1, 0.15) is 45.1 Å². The van der Waals surface area contributed by atoms with Crippen LogP contribution >= 0.6 is 0 Å². The SMILES string of the molecule is CC(C)NCc1cc(S(=O)(=O)NC2CCCC2)ccc1F. The van der Waals surface area contributed by atoms with Crippen LogP contribution in [0.15, 0.2) is 23.1 Å². The van der Waals surface area contributed by atoms with E-state index >= 15 is 0 Å². The first-order chi connectivity index (χ1) is 9.88. The fraction of sp³-hybridized carbons (Fsp3) is 0.600. The molecule has 0 amide bonds. The molecule has 1 saturated carbocycles. The van der Waals surface area contributed by atoms with Crippen molar-refractivity contribution in [3.63, 3.8) is 0 Å². The molecule has 2 N–H and O–H groups in total. The van der Waals surface area contributed by atoms with Crippen LogP contribution in [0, 0.1) is 5.82 Å². The number of halogens is 1. The molecule has 0 aromatic heterocycles. The molecule has 1 aromatic carbocycles. The Morgan fingerprint density at radius 3 is 2.57 bits per heavy atom. The van der Waals surface area contributed by atoms with Crippen LogP contribution in [0.4, 0.5) is 4.39 Å². The number of hydrogen-bond donors (Lipinski definition) is 2. The summed E-state index contributed by atoms with van der Waals surface area (Å²) in [6.07, 6.45) is 3.87. The normalized spacial score (nSPS) is 16.8. The third-order valence-electron chi connectivity index (χ3n) is 3.71. The lowest BCUT2D eigenvalue weighted by atomic mass is 10.2. The highest BCUT2D eigenvalue weighted by Crippen LogP contribution is 2.21. The van der Waals surface area contributed by atoms with E-state index in [1.165, 1.54) is 18.2 Å². The Morgan fingerprint density at radius 2 is 1.95 bits per heavy atom. The van der Waals surface area contributed by atoms with Crippen LogP contribution in [0.25, 0.3) is 0 Å². The van der Waals surface area contributed by atoms with E-state index in [0.29, 0.717) is 12.1 Å². The van der Waals surface area contributed by atoms with E-state index in [1.54, 1.807) is 0 Å². The Labute approximate surface area is 126 Å². The van der Waals surface area contributed by atoms with Gasteiger partial charge in [0.2, 0.25) is 10.0 Å². The highest BCUT2D eigenvalue weighted by atomic mass is 32.2. The van der Waals surface area contributed by atoms with Crippen molar-refractivity contribution >= 4 is 10.0 Å². The molecular weight excluding hydrogens is 291 g/mol. The van der Waals surface area contributed by atoms with Gasteiger partial charge in [0, 0.05) is 24.2 Å². The number of hydrogen-bond acceptors (Lipinski definition) is 3. The molecule has 0 aliphatic heterocycles. The largest absolute Gasteiger partial charge is 0.310 e. The second kappa shape index (κ2) is 6.85. The molecule has 0 heterocycles. The summed E-state index contributed by atoms with van der Waals surface area (Å²) in [6, 6.07) is 4.19. The molecule has 6 heteroatoms. The Balaban J connectivity index is 2.16. The van der Waals surface area contributed by atoms with Gasteiger partial charge in [0.05, 0.1) is 4.90 Å². The van der Waals surface area contributed by atoms with Crippen LogP contribution < -0.4 is 10.0 Å². The first-order valence-corrected chi connectivity index (χ1v) is 8.91. The molecular formula is C15H23FN2O2S. The highest BCUT2D eigenvalue weighted by molar-refractivity contribution is 7.89. The van der Waals surface area contributed by atoms with Gasteiger partial charge in [0.15, 0.2) is 0 Å². The molecule has 0 atom stereocenters. The summed E-state index contributed by atoms with van der Waals surface area (Å²) >= 11 is 0. The topological polar surface area (TPSA) is 58.2 Å². The van der Waals surface area contributed by atoms with Crippen LogP contribution in [0.2, 0.25) is 0 Å². The maximum Gasteiger partial charge on any atom is 0.240 e. The van der Waals surface area contributed by atoms with Crippen molar-refractivity contribution in [3.05, 3.63) is 29.6 Å². The molecule has 0 bridgehead atoms. The maximum atomic E-state index is 13.8. The minimum Gasteiger partial charge on any atom is -0.310 e. The predicted molar refractivity (Wildman–Crippen MR) is 81.0 cm³/mol. The third kappa shape index (κ3) is 4.49. The van der Waals surface area contributed by atoms with Gasteiger partial charge in [-0.15, -0.1) is 0 Å². The van der Waals surface area contributed by atoms with Crippen molar-refractivity contribution in [2.45, 2.75) is 63.1 Å². The molecule has 1 aromatic rings. The van der Waals surface area contributed by atoms with Crippen molar-refractivity contribution in [1.29, 1.82) is 0 Å². The zero-order chi connectivity index (χ0) is 15.5. The van der Waals surface area contributed by atoms with Gasteiger partial charge in [-0.25, -0.2) is 17.5 Å². The Morgan fingerprint density at radius 1 is 1.29 bits per heavy atom. The molecule has 0 saturated heterocycles. The first-order valence-electron chi connectivity index (χ1n) is 7.42. The monoisotopic (exact) mass is 314 g/mol. The fourth-order valence-corrected chi connectivity index (χ4v) is 3.85. The Bertz CT molecular complexity index is 581. The number of nitrogens with one attached hydrogen (secondary N) is 2. The molecule has 4 nitrogen and oxygen atoms in total. The van der Waals surface area contributed by atoms with E-state index in [1.807, 2.05) is 13.8 Å². The van der Waals surface area contributed by atoms with Gasteiger partial charge in [0.25, 0.3) is 0 Å². The first kappa shape index (κ1) is 16.4. The molecule has 0 unspecified atom stereocenters. The molecule has 21 heavy (non-hydrogen) atoms. The average molecular weight is 314 g/mol. The molecule has 118 valence electrons. The van der Waals surface area contributed by atoms with Crippen LogP contribution in [-0.2, 0) is 16.6 Å². The zero-order valence-electron chi connectivity index (χ0n) is 12.5. The third-order valence-corrected chi connectivity index (χ3v) is 5.22. The molecule has 1 aliphatic carbocycles. The van der Waals surface area contributed by atoms with Crippen LogP contribution in [-0.4, -0.2) is 20.5 Å². The molecule has 1 fully saturated rings.